The van der Waals surface area contributed by atoms with E-state index in [-0.39, 0.29) is 0 Å². The number of anilines is 1. The molecule has 1 aromatic rings. The highest BCUT2D eigenvalue weighted by molar-refractivity contribution is 5.93. The van der Waals surface area contributed by atoms with Crippen LogP contribution in [0.3, 0.4) is 0 Å². The summed E-state index contributed by atoms with van der Waals surface area (Å²) < 4.78 is 10.1. The number of hydrogen-bond acceptors (Lipinski definition) is 4. The molecular formula is C11H15NO4. The fraction of sp³-hybridized carbons (Fsp3) is 0.364. The number of carbonyl (C=O) groups excluding carboxylic acids is 1. The van der Waals surface area contributed by atoms with Gasteiger partial charge in [-0.2, -0.15) is 0 Å². The first-order valence-electron chi connectivity index (χ1n) is 4.79. The zero-order valence-corrected chi connectivity index (χ0v) is 9.48. The standard InChI is InChI=1S/C11H15NO4/c1-7(13)11(14)12-8-4-5-9(15-2)10(6-8)16-3/h4-7,13H,1-3H3,(H,12,14). The van der Waals surface area contributed by atoms with Gasteiger partial charge in [0.2, 0.25) is 0 Å². The number of methoxy groups -OCH3 is 2. The Bertz CT molecular complexity index is 376. The van der Waals surface area contributed by atoms with Crippen LogP contribution >= 0.6 is 0 Å². The second-order valence-electron chi connectivity index (χ2n) is 3.23. The molecule has 5 nitrogen and oxygen atoms in total. The molecular weight excluding hydrogens is 210 g/mol. The van der Waals surface area contributed by atoms with Crippen LogP contribution in [-0.4, -0.2) is 31.3 Å². The maximum Gasteiger partial charge on any atom is 0.252 e. The average molecular weight is 225 g/mol. The van der Waals surface area contributed by atoms with Gasteiger partial charge in [0.05, 0.1) is 14.2 Å². The number of benzene rings is 1. The highest BCUT2D eigenvalue weighted by Gasteiger charge is 2.10. The predicted molar refractivity (Wildman–Crippen MR) is 59.9 cm³/mol. The van der Waals surface area contributed by atoms with E-state index in [1.807, 2.05) is 0 Å². The van der Waals surface area contributed by atoms with E-state index < -0.39 is 12.0 Å². The van der Waals surface area contributed by atoms with E-state index in [1.54, 1.807) is 18.2 Å². The van der Waals surface area contributed by atoms with Crippen LogP contribution in [0.4, 0.5) is 5.69 Å². The smallest absolute Gasteiger partial charge is 0.252 e. The van der Waals surface area contributed by atoms with Crippen LogP contribution in [-0.2, 0) is 4.79 Å². The molecule has 16 heavy (non-hydrogen) atoms. The van der Waals surface area contributed by atoms with Gasteiger partial charge in [-0.05, 0) is 19.1 Å². The molecule has 0 spiro atoms. The number of carbonyl (C=O) groups is 1. The van der Waals surface area contributed by atoms with E-state index in [2.05, 4.69) is 5.32 Å². The molecule has 2 N–H and O–H groups in total. The van der Waals surface area contributed by atoms with Gasteiger partial charge >= 0.3 is 0 Å². The highest BCUT2D eigenvalue weighted by atomic mass is 16.5. The lowest BCUT2D eigenvalue weighted by atomic mass is 10.2. The largest absolute Gasteiger partial charge is 0.493 e. The van der Waals surface area contributed by atoms with Gasteiger partial charge in [0, 0.05) is 11.8 Å². The second kappa shape index (κ2) is 5.37. The Morgan fingerprint density at radius 1 is 1.31 bits per heavy atom. The summed E-state index contributed by atoms with van der Waals surface area (Å²) in [6.45, 7) is 1.40. The highest BCUT2D eigenvalue weighted by Crippen LogP contribution is 2.29. The SMILES string of the molecule is COc1ccc(NC(=O)C(C)O)cc1OC. The Balaban J connectivity index is 2.87. The Hall–Kier alpha value is -1.75. The lowest BCUT2D eigenvalue weighted by Crippen LogP contribution is -2.24. The minimum absolute atomic E-state index is 0.466. The molecule has 0 aliphatic rings. The van der Waals surface area contributed by atoms with Crippen LogP contribution in [0.25, 0.3) is 0 Å². The molecule has 1 amide bonds. The van der Waals surface area contributed by atoms with Crippen molar-refractivity contribution in [1.29, 1.82) is 0 Å². The zero-order valence-electron chi connectivity index (χ0n) is 9.48. The number of aliphatic hydroxyl groups is 1. The first-order chi connectivity index (χ1) is 7.58. The van der Waals surface area contributed by atoms with Crippen molar-refractivity contribution in [2.45, 2.75) is 13.0 Å². The van der Waals surface area contributed by atoms with Gasteiger partial charge in [-0.15, -0.1) is 0 Å². The lowest BCUT2D eigenvalue weighted by molar-refractivity contribution is -0.123. The molecule has 0 saturated carbocycles. The Labute approximate surface area is 94.0 Å². The summed E-state index contributed by atoms with van der Waals surface area (Å²) in [6.07, 6.45) is -1.05. The number of aliphatic hydroxyl groups excluding tert-OH is 1. The van der Waals surface area contributed by atoms with Crippen molar-refractivity contribution in [2.75, 3.05) is 19.5 Å². The molecule has 88 valence electrons. The molecule has 0 aliphatic carbocycles. The minimum atomic E-state index is -1.05. The van der Waals surface area contributed by atoms with Crippen molar-refractivity contribution in [1.82, 2.24) is 0 Å². The molecule has 0 saturated heterocycles. The molecule has 1 atom stereocenters. The van der Waals surface area contributed by atoms with Crippen LogP contribution in [0.2, 0.25) is 0 Å². The summed E-state index contributed by atoms with van der Waals surface area (Å²) in [5.74, 6) is 0.635. The molecule has 0 bridgehead atoms. The van der Waals surface area contributed by atoms with Gasteiger partial charge in [0.25, 0.3) is 5.91 Å². The Morgan fingerprint density at radius 2 is 1.94 bits per heavy atom. The van der Waals surface area contributed by atoms with Crippen molar-refractivity contribution < 1.29 is 19.4 Å². The monoisotopic (exact) mass is 225 g/mol. The third-order valence-corrected chi connectivity index (χ3v) is 2.03. The fourth-order valence-electron chi connectivity index (χ4n) is 1.16. The number of rotatable bonds is 4. The maximum atomic E-state index is 11.2. The van der Waals surface area contributed by atoms with E-state index in [0.717, 1.165) is 0 Å². The third-order valence-electron chi connectivity index (χ3n) is 2.03. The van der Waals surface area contributed by atoms with Crippen molar-refractivity contribution in [3.63, 3.8) is 0 Å². The number of hydrogen-bond donors (Lipinski definition) is 2. The molecule has 1 unspecified atom stereocenters. The van der Waals surface area contributed by atoms with Gasteiger partial charge in [-0.3, -0.25) is 4.79 Å². The summed E-state index contributed by atoms with van der Waals surface area (Å²) in [5.41, 5.74) is 0.545. The van der Waals surface area contributed by atoms with Gasteiger partial charge in [-0.1, -0.05) is 0 Å². The average Bonchev–Trinajstić information content (AvgIpc) is 2.28. The first-order valence-corrected chi connectivity index (χ1v) is 4.79. The fourth-order valence-corrected chi connectivity index (χ4v) is 1.16. The maximum absolute atomic E-state index is 11.2. The summed E-state index contributed by atoms with van der Waals surface area (Å²) in [4.78, 5) is 11.2. The molecule has 1 rings (SSSR count). The van der Waals surface area contributed by atoms with Crippen LogP contribution in [0.1, 0.15) is 6.92 Å². The van der Waals surface area contributed by atoms with E-state index >= 15 is 0 Å². The predicted octanol–water partition coefficient (Wildman–Crippen LogP) is 1.02. The van der Waals surface area contributed by atoms with Crippen molar-refractivity contribution in [3.8, 4) is 11.5 Å². The van der Waals surface area contributed by atoms with E-state index in [1.165, 1.54) is 21.1 Å². The molecule has 0 heterocycles. The van der Waals surface area contributed by atoms with Crippen molar-refractivity contribution >= 4 is 11.6 Å². The summed E-state index contributed by atoms with van der Waals surface area (Å²) >= 11 is 0. The van der Waals surface area contributed by atoms with Crippen LogP contribution < -0.4 is 14.8 Å². The summed E-state index contributed by atoms with van der Waals surface area (Å²) in [5, 5.41) is 11.6. The molecule has 0 fully saturated rings. The quantitative estimate of drug-likeness (QED) is 0.802. The normalized spacial score (nSPS) is 11.8. The topological polar surface area (TPSA) is 67.8 Å². The molecule has 5 heteroatoms. The lowest BCUT2D eigenvalue weighted by Gasteiger charge is -2.11. The summed E-state index contributed by atoms with van der Waals surface area (Å²) in [6, 6.07) is 4.97. The third kappa shape index (κ3) is 2.87. The van der Waals surface area contributed by atoms with Crippen molar-refractivity contribution in [3.05, 3.63) is 18.2 Å². The van der Waals surface area contributed by atoms with Gasteiger partial charge in [0.1, 0.15) is 6.10 Å². The Kier molecular flexibility index (Phi) is 4.13. The van der Waals surface area contributed by atoms with Gasteiger partial charge in [-0.25, -0.2) is 0 Å². The second-order valence-corrected chi connectivity index (χ2v) is 3.23. The summed E-state index contributed by atoms with van der Waals surface area (Å²) in [7, 11) is 3.05. The van der Waals surface area contributed by atoms with Gasteiger partial charge in [0.15, 0.2) is 11.5 Å². The van der Waals surface area contributed by atoms with E-state index in [4.69, 9.17) is 14.6 Å². The van der Waals surface area contributed by atoms with Gasteiger partial charge < -0.3 is 19.9 Å². The number of ether oxygens (including phenoxy) is 2. The molecule has 0 aromatic heterocycles. The minimum Gasteiger partial charge on any atom is -0.493 e. The molecule has 1 aromatic carbocycles. The Morgan fingerprint density at radius 3 is 2.44 bits per heavy atom. The number of nitrogens with one attached hydrogen (secondary N) is 1. The van der Waals surface area contributed by atoms with E-state index in [0.29, 0.717) is 17.2 Å². The molecule has 0 aliphatic heterocycles. The number of amides is 1. The first kappa shape index (κ1) is 12.3. The van der Waals surface area contributed by atoms with Crippen molar-refractivity contribution in [2.24, 2.45) is 0 Å². The zero-order chi connectivity index (χ0) is 12.1. The molecule has 0 radical (unpaired) electrons. The van der Waals surface area contributed by atoms with Crippen LogP contribution in [0.15, 0.2) is 18.2 Å². The van der Waals surface area contributed by atoms with Crippen LogP contribution in [0.5, 0.6) is 11.5 Å². The van der Waals surface area contributed by atoms with Crippen LogP contribution in [0, 0.1) is 0 Å². The van der Waals surface area contributed by atoms with E-state index in [9.17, 15) is 4.79 Å².